The second-order valence-electron chi connectivity index (χ2n) is 6.25. The fourth-order valence-electron chi connectivity index (χ4n) is 2.37. The van der Waals surface area contributed by atoms with Gasteiger partial charge >= 0.3 is 12.1 Å². The highest BCUT2D eigenvalue weighted by molar-refractivity contribution is 6.38. The Kier molecular flexibility index (Phi) is 4.83. The van der Waals surface area contributed by atoms with Crippen molar-refractivity contribution < 1.29 is 19.1 Å². The molecule has 1 unspecified atom stereocenters. The lowest BCUT2D eigenvalue weighted by molar-refractivity contribution is -0.146. The van der Waals surface area contributed by atoms with Crippen LogP contribution in [-0.2, 0) is 20.7 Å². The van der Waals surface area contributed by atoms with Crippen LogP contribution in [0.25, 0.3) is 0 Å². The molecule has 0 bridgehead atoms. The number of fused-ring (bicyclic) bond motifs is 1. The molecule has 1 aliphatic rings. The van der Waals surface area contributed by atoms with E-state index in [0.29, 0.717) is 10.7 Å². The van der Waals surface area contributed by atoms with E-state index in [2.05, 4.69) is 0 Å². The van der Waals surface area contributed by atoms with Crippen molar-refractivity contribution in [3.63, 3.8) is 0 Å². The Bertz CT molecular complexity index is 641. The van der Waals surface area contributed by atoms with E-state index in [0.717, 1.165) is 10.5 Å². The standard InChI is InChI=1S/C16H19Cl2NO4/c1-5-22-13(20)16(18)9-10-6-7-11(17)8-12(10)19(16)14(21)23-15(2,3)4/h6-8H,5,9H2,1-4H3. The highest BCUT2D eigenvalue weighted by Crippen LogP contribution is 2.44. The summed E-state index contributed by atoms with van der Waals surface area (Å²) >= 11 is 12.5. The number of carbonyl (C=O) groups is 2. The molecule has 126 valence electrons. The molecule has 1 aliphatic heterocycles. The molecule has 0 fully saturated rings. The van der Waals surface area contributed by atoms with Gasteiger partial charge in [0.05, 0.1) is 12.3 Å². The van der Waals surface area contributed by atoms with Crippen LogP contribution in [0.15, 0.2) is 18.2 Å². The predicted octanol–water partition coefficient (Wildman–Crippen LogP) is 4.14. The molecule has 0 N–H and O–H groups in total. The lowest BCUT2D eigenvalue weighted by Gasteiger charge is -2.32. The summed E-state index contributed by atoms with van der Waals surface area (Å²) in [6.45, 7) is 7.04. The Morgan fingerprint density at radius 3 is 2.57 bits per heavy atom. The van der Waals surface area contributed by atoms with Crippen molar-refractivity contribution in [3.8, 4) is 0 Å². The highest BCUT2D eigenvalue weighted by atomic mass is 35.5. The maximum absolute atomic E-state index is 12.6. The molecule has 2 rings (SSSR count). The molecular formula is C16H19Cl2NO4. The van der Waals surface area contributed by atoms with Crippen LogP contribution < -0.4 is 4.90 Å². The third-order valence-corrected chi connectivity index (χ3v) is 3.92. The van der Waals surface area contributed by atoms with Crippen LogP contribution in [-0.4, -0.2) is 29.3 Å². The van der Waals surface area contributed by atoms with Crippen LogP contribution in [0.1, 0.15) is 33.3 Å². The number of hydrogen-bond acceptors (Lipinski definition) is 4. The number of benzene rings is 1. The topological polar surface area (TPSA) is 55.8 Å². The summed E-state index contributed by atoms with van der Waals surface area (Å²) in [5, 5.41) is 0.432. The number of alkyl halides is 1. The second-order valence-corrected chi connectivity index (χ2v) is 7.31. The second kappa shape index (κ2) is 6.21. The van der Waals surface area contributed by atoms with Crippen molar-refractivity contribution in [2.45, 2.75) is 44.7 Å². The number of halogens is 2. The Hall–Kier alpha value is -1.46. The molecule has 1 atom stereocenters. The molecule has 0 aliphatic carbocycles. The lowest BCUT2D eigenvalue weighted by atomic mass is 10.1. The first-order chi connectivity index (χ1) is 10.6. The first-order valence-electron chi connectivity index (χ1n) is 7.26. The minimum absolute atomic E-state index is 0.124. The average molecular weight is 360 g/mol. The first-order valence-corrected chi connectivity index (χ1v) is 8.02. The summed E-state index contributed by atoms with van der Waals surface area (Å²) < 4.78 is 10.4. The van der Waals surface area contributed by atoms with Crippen LogP contribution in [0.5, 0.6) is 0 Å². The molecule has 5 nitrogen and oxygen atoms in total. The number of amides is 1. The van der Waals surface area contributed by atoms with Gasteiger partial charge in [-0.25, -0.2) is 14.5 Å². The van der Waals surface area contributed by atoms with Gasteiger partial charge in [0, 0.05) is 11.4 Å². The molecule has 0 aromatic heterocycles. The van der Waals surface area contributed by atoms with Gasteiger partial charge in [0.25, 0.3) is 0 Å². The van der Waals surface area contributed by atoms with E-state index in [1.807, 2.05) is 0 Å². The van der Waals surface area contributed by atoms with Crippen LogP contribution in [0, 0.1) is 0 Å². The number of ether oxygens (including phenoxy) is 2. The van der Waals surface area contributed by atoms with Crippen molar-refractivity contribution in [2.75, 3.05) is 11.5 Å². The summed E-state index contributed by atoms with van der Waals surface area (Å²) in [5.41, 5.74) is 0.448. The molecule has 7 heteroatoms. The zero-order valence-electron chi connectivity index (χ0n) is 13.5. The molecular weight excluding hydrogens is 341 g/mol. The quantitative estimate of drug-likeness (QED) is 0.452. The number of carbonyl (C=O) groups excluding carboxylic acids is 2. The van der Waals surface area contributed by atoms with E-state index >= 15 is 0 Å². The monoisotopic (exact) mass is 359 g/mol. The van der Waals surface area contributed by atoms with Crippen LogP contribution in [0.3, 0.4) is 0 Å². The number of esters is 1. The van der Waals surface area contributed by atoms with Crippen molar-refractivity contribution in [2.24, 2.45) is 0 Å². The molecule has 23 heavy (non-hydrogen) atoms. The molecule has 1 aromatic carbocycles. The third-order valence-electron chi connectivity index (χ3n) is 3.23. The van der Waals surface area contributed by atoms with Gasteiger partial charge in [-0.3, -0.25) is 0 Å². The smallest absolute Gasteiger partial charge is 0.416 e. The summed E-state index contributed by atoms with van der Waals surface area (Å²) in [5.74, 6) is -0.695. The Morgan fingerprint density at radius 1 is 1.35 bits per heavy atom. The zero-order valence-corrected chi connectivity index (χ0v) is 15.0. The molecule has 0 spiro atoms. The summed E-state index contributed by atoms with van der Waals surface area (Å²) in [4.78, 5) is 24.4. The Morgan fingerprint density at radius 2 is 2.00 bits per heavy atom. The largest absolute Gasteiger partial charge is 0.463 e. The number of rotatable bonds is 2. The summed E-state index contributed by atoms with van der Waals surface area (Å²) in [6.07, 6.45) is -0.597. The van der Waals surface area contributed by atoms with E-state index < -0.39 is 22.7 Å². The third kappa shape index (κ3) is 3.56. The zero-order chi connectivity index (χ0) is 17.4. The molecule has 0 saturated heterocycles. The number of hydrogen-bond donors (Lipinski definition) is 0. The average Bonchev–Trinajstić information content (AvgIpc) is 2.70. The minimum Gasteiger partial charge on any atom is -0.463 e. The fraction of sp³-hybridized carbons (Fsp3) is 0.500. The van der Waals surface area contributed by atoms with E-state index in [1.54, 1.807) is 45.9 Å². The Balaban J connectivity index is 2.48. The Labute approximate surface area is 145 Å². The van der Waals surface area contributed by atoms with Crippen LogP contribution in [0.4, 0.5) is 10.5 Å². The van der Waals surface area contributed by atoms with Crippen molar-refractivity contribution >= 4 is 41.0 Å². The normalized spacial score (nSPS) is 20.2. The maximum Gasteiger partial charge on any atom is 0.416 e. The fourth-order valence-corrected chi connectivity index (χ4v) is 2.90. The van der Waals surface area contributed by atoms with Gasteiger partial charge in [0.1, 0.15) is 5.60 Å². The highest BCUT2D eigenvalue weighted by Gasteiger charge is 2.54. The summed E-state index contributed by atoms with van der Waals surface area (Å²) in [6, 6.07) is 5.00. The van der Waals surface area contributed by atoms with Gasteiger partial charge in [-0.05, 0) is 45.4 Å². The molecule has 1 amide bonds. The van der Waals surface area contributed by atoms with E-state index in [9.17, 15) is 9.59 Å². The van der Waals surface area contributed by atoms with Crippen LogP contribution >= 0.6 is 23.2 Å². The molecule has 1 aromatic rings. The molecule has 0 saturated carbocycles. The number of nitrogens with zero attached hydrogens (tertiary/aromatic N) is 1. The molecule has 1 heterocycles. The van der Waals surface area contributed by atoms with Gasteiger partial charge in [-0.15, -0.1) is 0 Å². The SMILES string of the molecule is CCOC(=O)C1(Cl)Cc2ccc(Cl)cc2N1C(=O)OC(C)(C)C. The van der Waals surface area contributed by atoms with Gasteiger partial charge in [-0.1, -0.05) is 29.3 Å². The predicted molar refractivity (Wildman–Crippen MR) is 89.1 cm³/mol. The molecule has 0 radical (unpaired) electrons. The van der Waals surface area contributed by atoms with E-state index in [-0.39, 0.29) is 13.0 Å². The first kappa shape index (κ1) is 17.9. The minimum atomic E-state index is -1.68. The van der Waals surface area contributed by atoms with E-state index in [1.165, 1.54) is 0 Å². The van der Waals surface area contributed by atoms with Crippen molar-refractivity contribution in [3.05, 3.63) is 28.8 Å². The van der Waals surface area contributed by atoms with Gasteiger partial charge in [-0.2, -0.15) is 0 Å². The lowest BCUT2D eigenvalue weighted by Crippen LogP contribution is -2.53. The van der Waals surface area contributed by atoms with Crippen molar-refractivity contribution in [1.82, 2.24) is 0 Å². The van der Waals surface area contributed by atoms with E-state index in [4.69, 9.17) is 32.7 Å². The maximum atomic E-state index is 12.6. The number of anilines is 1. The van der Waals surface area contributed by atoms with Gasteiger partial charge in [0.2, 0.25) is 5.00 Å². The summed E-state index contributed by atoms with van der Waals surface area (Å²) in [7, 11) is 0. The van der Waals surface area contributed by atoms with Crippen molar-refractivity contribution in [1.29, 1.82) is 0 Å². The van der Waals surface area contributed by atoms with Gasteiger partial charge < -0.3 is 9.47 Å². The van der Waals surface area contributed by atoms with Crippen LogP contribution in [0.2, 0.25) is 5.02 Å². The van der Waals surface area contributed by atoms with Gasteiger partial charge in [0.15, 0.2) is 0 Å².